The van der Waals surface area contributed by atoms with Gasteiger partial charge in [-0.3, -0.25) is 9.69 Å². The number of piperazine rings is 1. The summed E-state index contributed by atoms with van der Waals surface area (Å²) in [6.07, 6.45) is 0.835. The van der Waals surface area contributed by atoms with Gasteiger partial charge in [0.2, 0.25) is 0 Å². The van der Waals surface area contributed by atoms with Crippen molar-refractivity contribution in [2.45, 2.75) is 26.2 Å². The number of benzene rings is 3. The van der Waals surface area contributed by atoms with Gasteiger partial charge in [-0.25, -0.2) is 0 Å². The number of hydrogen-bond donors (Lipinski definition) is 0. The number of carbonyl (C=O) groups excluding carboxylic acids is 1. The first kappa shape index (κ1) is 22.5. The van der Waals surface area contributed by atoms with Crippen LogP contribution in [0.2, 0.25) is 0 Å². The van der Waals surface area contributed by atoms with Crippen molar-refractivity contribution < 1.29 is 14.3 Å². The fraction of sp³-hybridized carbons (Fsp3) is 0.345. The van der Waals surface area contributed by atoms with Crippen LogP contribution < -0.4 is 9.64 Å². The Morgan fingerprint density at radius 3 is 2.24 bits per heavy atom. The zero-order chi connectivity index (χ0) is 23.5. The summed E-state index contributed by atoms with van der Waals surface area (Å²) in [7, 11) is 0. The minimum absolute atomic E-state index is 0.206. The summed E-state index contributed by atoms with van der Waals surface area (Å²) in [5.74, 6) is 0.806. The normalized spacial score (nSPS) is 15.9. The molecule has 0 unspecified atom stereocenters. The molecule has 2 heterocycles. The van der Waals surface area contributed by atoms with Crippen molar-refractivity contribution in [3.05, 3.63) is 89.0 Å². The van der Waals surface area contributed by atoms with E-state index in [4.69, 9.17) is 9.47 Å². The van der Waals surface area contributed by atoms with Crippen LogP contribution in [0.3, 0.4) is 0 Å². The van der Waals surface area contributed by atoms with Crippen LogP contribution in [-0.2, 0) is 9.53 Å². The van der Waals surface area contributed by atoms with Crippen molar-refractivity contribution in [1.82, 2.24) is 4.90 Å². The summed E-state index contributed by atoms with van der Waals surface area (Å²) in [5, 5.41) is 0. The van der Waals surface area contributed by atoms with Gasteiger partial charge in [-0.1, -0.05) is 48.5 Å². The molecular weight excluding hydrogens is 424 g/mol. The van der Waals surface area contributed by atoms with Gasteiger partial charge < -0.3 is 14.4 Å². The molecule has 0 aliphatic carbocycles. The van der Waals surface area contributed by atoms with Crippen LogP contribution in [0.25, 0.3) is 0 Å². The molecule has 0 N–H and O–H groups in total. The lowest BCUT2D eigenvalue weighted by atomic mass is 9.88. The molecule has 3 aromatic rings. The smallest absolute Gasteiger partial charge is 0.318 e. The van der Waals surface area contributed by atoms with Gasteiger partial charge in [0, 0.05) is 49.5 Å². The third kappa shape index (κ3) is 4.66. The zero-order valence-electron chi connectivity index (χ0n) is 20.0. The summed E-state index contributed by atoms with van der Waals surface area (Å²) in [4.78, 5) is 18.1. The Morgan fingerprint density at radius 2 is 1.56 bits per heavy atom. The van der Waals surface area contributed by atoms with E-state index in [9.17, 15) is 4.79 Å². The number of aryl methyl sites for hydroxylation is 2. The summed E-state index contributed by atoms with van der Waals surface area (Å²) < 4.78 is 11.8. The second-order valence-corrected chi connectivity index (χ2v) is 9.25. The topological polar surface area (TPSA) is 42.0 Å². The highest BCUT2D eigenvalue weighted by molar-refractivity contribution is 5.85. The molecule has 3 aromatic carbocycles. The van der Waals surface area contributed by atoms with Gasteiger partial charge in [0.15, 0.2) is 0 Å². The van der Waals surface area contributed by atoms with E-state index in [1.54, 1.807) is 0 Å². The maximum atomic E-state index is 13.1. The molecule has 5 rings (SSSR count). The molecule has 5 heteroatoms. The Labute approximate surface area is 201 Å². The first-order chi connectivity index (χ1) is 16.6. The molecule has 0 amide bonds. The second kappa shape index (κ2) is 9.90. The fourth-order valence-electron chi connectivity index (χ4n) is 4.98. The SMILES string of the molecule is Cc1ccc(C)c(N2CCN(CCCOC(=O)C3c4ccccc4Oc4ccccc43)CC2)c1. The van der Waals surface area contributed by atoms with Gasteiger partial charge in [-0.05, 0) is 49.6 Å². The van der Waals surface area contributed by atoms with Gasteiger partial charge in [0.05, 0.1) is 6.61 Å². The minimum Gasteiger partial charge on any atom is -0.465 e. The van der Waals surface area contributed by atoms with Gasteiger partial charge in [0.25, 0.3) is 0 Å². The van der Waals surface area contributed by atoms with E-state index < -0.39 is 5.92 Å². The first-order valence-corrected chi connectivity index (χ1v) is 12.2. The Bertz CT molecular complexity index is 1120. The molecule has 1 fully saturated rings. The highest BCUT2D eigenvalue weighted by Crippen LogP contribution is 2.44. The van der Waals surface area contributed by atoms with Gasteiger partial charge in [-0.15, -0.1) is 0 Å². The highest BCUT2D eigenvalue weighted by atomic mass is 16.5. The molecule has 0 spiro atoms. The largest absolute Gasteiger partial charge is 0.465 e. The van der Waals surface area contributed by atoms with E-state index in [0.29, 0.717) is 6.61 Å². The summed E-state index contributed by atoms with van der Waals surface area (Å²) in [6, 6.07) is 22.1. The Morgan fingerprint density at radius 1 is 0.912 bits per heavy atom. The first-order valence-electron chi connectivity index (χ1n) is 12.2. The standard InChI is InChI=1S/C29H32N2O3/c1-21-12-13-22(2)25(20-21)31-17-15-30(16-18-31)14-7-19-33-29(32)28-23-8-3-5-10-26(23)34-27-11-6-4-9-24(27)28/h3-6,8-13,20,28H,7,14-19H2,1-2H3. The van der Waals surface area contributed by atoms with E-state index in [-0.39, 0.29) is 5.97 Å². The highest BCUT2D eigenvalue weighted by Gasteiger charge is 2.33. The van der Waals surface area contributed by atoms with Crippen LogP contribution >= 0.6 is 0 Å². The van der Waals surface area contributed by atoms with Crippen LogP contribution in [-0.4, -0.2) is 50.2 Å². The number of ether oxygens (including phenoxy) is 2. The lowest BCUT2D eigenvalue weighted by molar-refractivity contribution is -0.144. The predicted octanol–water partition coefficient (Wildman–Crippen LogP) is 5.30. The molecular formula is C29H32N2O3. The van der Waals surface area contributed by atoms with E-state index in [1.807, 2.05) is 48.5 Å². The van der Waals surface area contributed by atoms with Crippen molar-refractivity contribution in [1.29, 1.82) is 0 Å². The fourth-order valence-corrected chi connectivity index (χ4v) is 4.98. The lowest BCUT2D eigenvalue weighted by Crippen LogP contribution is -2.47. The number of esters is 1. The summed E-state index contributed by atoms with van der Waals surface area (Å²) in [5.41, 5.74) is 5.73. The quantitative estimate of drug-likeness (QED) is 0.372. The Hall–Kier alpha value is -3.31. The molecule has 2 aliphatic rings. The van der Waals surface area contributed by atoms with E-state index in [1.165, 1.54) is 16.8 Å². The predicted molar refractivity (Wildman–Crippen MR) is 135 cm³/mol. The van der Waals surface area contributed by atoms with Crippen molar-refractivity contribution in [3.63, 3.8) is 0 Å². The third-order valence-corrected chi connectivity index (χ3v) is 6.86. The lowest BCUT2D eigenvalue weighted by Gasteiger charge is -2.37. The molecule has 2 aliphatic heterocycles. The minimum atomic E-state index is -0.442. The number of hydrogen-bond acceptors (Lipinski definition) is 5. The van der Waals surface area contributed by atoms with Crippen LogP contribution in [0.4, 0.5) is 5.69 Å². The van der Waals surface area contributed by atoms with E-state index in [2.05, 4.69) is 41.8 Å². The molecule has 176 valence electrons. The van der Waals surface area contributed by atoms with Gasteiger partial charge in [0.1, 0.15) is 17.4 Å². The maximum absolute atomic E-state index is 13.1. The number of anilines is 1. The average molecular weight is 457 g/mol. The molecule has 34 heavy (non-hydrogen) atoms. The summed E-state index contributed by atoms with van der Waals surface area (Å²) in [6.45, 7) is 9.82. The Kier molecular flexibility index (Phi) is 6.54. The molecule has 0 aromatic heterocycles. The van der Waals surface area contributed by atoms with Crippen molar-refractivity contribution in [2.24, 2.45) is 0 Å². The second-order valence-electron chi connectivity index (χ2n) is 9.25. The number of para-hydroxylation sites is 2. The molecule has 1 saturated heterocycles. The third-order valence-electron chi connectivity index (χ3n) is 6.86. The van der Waals surface area contributed by atoms with E-state index >= 15 is 0 Å². The summed E-state index contributed by atoms with van der Waals surface area (Å²) >= 11 is 0. The average Bonchev–Trinajstić information content (AvgIpc) is 2.87. The van der Waals surface area contributed by atoms with Gasteiger partial charge >= 0.3 is 5.97 Å². The van der Waals surface area contributed by atoms with Crippen LogP contribution in [0.5, 0.6) is 11.5 Å². The van der Waals surface area contributed by atoms with Gasteiger partial charge in [-0.2, -0.15) is 0 Å². The zero-order valence-corrected chi connectivity index (χ0v) is 20.0. The molecule has 5 nitrogen and oxygen atoms in total. The molecule has 0 saturated carbocycles. The van der Waals surface area contributed by atoms with Crippen molar-refractivity contribution >= 4 is 11.7 Å². The van der Waals surface area contributed by atoms with Crippen molar-refractivity contribution in [3.8, 4) is 11.5 Å². The van der Waals surface area contributed by atoms with Crippen LogP contribution in [0, 0.1) is 13.8 Å². The van der Waals surface area contributed by atoms with Crippen LogP contribution in [0.15, 0.2) is 66.7 Å². The monoisotopic (exact) mass is 456 g/mol. The number of rotatable bonds is 6. The van der Waals surface area contributed by atoms with E-state index in [0.717, 1.165) is 61.8 Å². The number of nitrogens with zero attached hydrogens (tertiary/aromatic N) is 2. The van der Waals surface area contributed by atoms with Crippen molar-refractivity contribution in [2.75, 3.05) is 44.2 Å². The number of carbonyl (C=O) groups is 1. The number of fused-ring (bicyclic) bond motifs is 2. The maximum Gasteiger partial charge on any atom is 0.318 e. The Balaban J connectivity index is 1.13. The van der Waals surface area contributed by atoms with Crippen LogP contribution in [0.1, 0.15) is 34.6 Å². The molecule has 0 radical (unpaired) electrons. The molecule has 0 bridgehead atoms. The molecule has 0 atom stereocenters.